The van der Waals surface area contributed by atoms with Crippen LogP contribution in [-0.2, 0) is 0 Å². The van der Waals surface area contributed by atoms with Gasteiger partial charge in [-0.05, 0) is 43.5 Å². The number of aromatic amines is 2. The van der Waals surface area contributed by atoms with Gasteiger partial charge in [-0.15, -0.1) is 0 Å². The van der Waals surface area contributed by atoms with Gasteiger partial charge in [0.05, 0.1) is 41.5 Å². The Kier molecular flexibility index (Phi) is 4.62. The van der Waals surface area contributed by atoms with Crippen molar-refractivity contribution in [2.24, 2.45) is 0 Å². The molecule has 8 heteroatoms. The third kappa shape index (κ3) is 2.92. The largest absolute Gasteiger partial charge is 0.497 e. The lowest BCUT2D eigenvalue weighted by molar-refractivity contribution is 0.0438. The number of nitrogens with one attached hydrogen (secondary N) is 3. The van der Waals surface area contributed by atoms with E-state index in [9.17, 15) is 9.59 Å². The third-order valence-corrected chi connectivity index (χ3v) is 6.84. The van der Waals surface area contributed by atoms with Crippen LogP contribution in [0.2, 0.25) is 0 Å². The number of amides is 2. The molecule has 0 radical (unpaired) electrons. The van der Waals surface area contributed by atoms with Crippen molar-refractivity contribution in [1.29, 1.82) is 0 Å². The first-order chi connectivity index (χ1) is 16.5. The van der Waals surface area contributed by atoms with Crippen LogP contribution in [0.3, 0.4) is 0 Å². The van der Waals surface area contributed by atoms with Crippen LogP contribution in [0.5, 0.6) is 5.75 Å². The maximum atomic E-state index is 12.7. The average molecular weight is 457 g/mol. The molecule has 172 valence electrons. The fourth-order valence-electron chi connectivity index (χ4n) is 5.19. The lowest BCUT2D eigenvalue weighted by Gasteiger charge is -2.03. The van der Waals surface area contributed by atoms with Crippen LogP contribution in [0, 0.1) is 0 Å². The number of para-hydroxylation sites is 1. The molecule has 2 amide bonds. The van der Waals surface area contributed by atoms with Gasteiger partial charge in [-0.25, -0.2) is 0 Å². The molecule has 3 heterocycles. The van der Waals surface area contributed by atoms with E-state index in [4.69, 9.17) is 14.9 Å². The number of imide groups is 1. The Hall–Kier alpha value is -3.88. The first kappa shape index (κ1) is 20.7. The Morgan fingerprint density at radius 2 is 1.41 bits per heavy atom. The highest BCUT2D eigenvalue weighted by atomic mass is 16.5. The second-order valence-corrected chi connectivity index (χ2v) is 8.81. The molecule has 1 aliphatic heterocycles. The zero-order valence-electron chi connectivity index (χ0n) is 18.4. The Labute approximate surface area is 193 Å². The summed E-state index contributed by atoms with van der Waals surface area (Å²) in [5.41, 5.74) is 4.30. The number of aromatic nitrogens is 2. The van der Waals surface area contributed by atoms with Gasteiger partial charge in [0.25, 0.3) is 11.8 Å². The average Bonchev–Trinajstić information content (AvgIpc) is 3.58. The molecule has 5 N–H and O–H groups in total. The smallest absolute Gasteiger partial charge is 0.259 e. The van der Waals surface area contributed by atoms with Gasteiger partial charge in [-0.3, -0.25) is 14.9 Å². The Morgan fingerprint density at radius 3 is 2.00 bits per heavy atom. The molecule has 1 fully saturated rings. The summed E-state index contributed by atoms with van der Waals surface area (Å²) < 4.78 is 5.35. The standard InChI is InChI=1S/C21H13N3O3.C5H10O2/c1-27-9-6-7-13-11(8-9)15-17-16(20(25)24-21(17)26)14-10-4-2-3-5-12(10)22-18(14)19(15)23-13;6-4-2-1-3-5(4)7/h2-8,22-23H,1H3,(H,24,25,26);4-7H,1-3H2. The zero-order valence-corrected chi connectivity index (χ0v) is 18.4. The van der Waals surface area contributed by atoms with Crippen molar-refractivity contribution in [1.82, 2.24) is 15.3 Å². The van der Waals surface area contributed by atoms with E-state index in [1.165, 1.54) is 0 Å². The van der Waals surface area contributed by atoms with Crippen LogP contribution in [0.25, 0.3) is 43.6 Å². The predicted octanol–water partition coefficient (Wildman–Crippen LogP) is 3.74. The minimum Gasteiger partial charge on any atom is -0.497 e. The monoisotopic (exact) mass is 457 g/mol. The van der Waals surface area contributed by atoms with Gasteiger partial charge in [-0.1, -0.05) is 18.2 Å². The van der Waals surface area contributed by atoms with Crippen molar-refractivity contribution in [2.75, 3.05) is 7.11 Å². The summed E-state index contributed by atoms with van der Waals surface area (Å²) in [6, 6.07) is 13.5. The molecule has 0 saturated heterocycles. The summed E-state index contributed by atoms with van der Waals surface area (Å²) in [6.45, 7) is 0. The number of carbonyl (C=O) groups excluding carboxylic acids is 2. The summed E-state index contributed by atoms with van der Waals surface area (Å²) >= 11 is 0. The number of hydrogen-bond acceptors (Lipinski definition) is 5. The van der Waals surface area contributed by atoms with Crippen LogP contribution in [0.15, 0.2) is 42.5 Å². The first-order valence-electron chi connectivity index (χ1n) is 11.3. The van der Waals surface area contributed by atoms with Crippen molar-refractivity contribution >= 4 is 55.4 Å². The van der Waals surface area contributed by atoms with E-state index < -0.39 is 12.2 Å². The fraction of sp³-hybridized carbons (Fsp3) is 0.231. The van der Waals surface area contributed by atoms with E-state index in [-0.39, 0.29) is 11.8 Å². The summed E-state index contributed by atoms with van der Waals surface area (Å²) in [6.07, 6.45) is 1.67. The molecular weight excluding hydrogens is 434 g/mol. The zero-order chi connectivity index (χ0) is 23.6. The van der Waals surface area contributed by atoms with Crippen molar-refractivity contribution in [2.45, 2.75) is 31.5 Å². The van der Waals surface area contributed by atoms with E-state index in [1.54, 1.807) is 7.11 Å². The van der Waals surface area contributed by atoms with Crippen LogP contribution in [0.4, 0.5) is 0 Å². The first-order valence-corrected chi connectivity index (χ1v) is 11.3. The Bertz CT molecular complexity index is 1620. The quantitative estimate of drug-likeness (QED) is 0.245. The molecule has 2 aliphatic rings. The topological polar surface area (TPSA) is 127 Å². The minimum absolute atomic E-state index is 0.358. The van der Waals surface area contributed by atoms with E-state index in [0.29, 0.717) is 16.9 Å². The lowest BCUT2D eigenvalue weighted by atomic mass is 9.97. The molecule has 34 heavy (non-hydrogen) atoms. The van der Waals surface area contributed by atoms with Crippen molar-refractivity contribution in [3.8, 4) is 5.75 Å². The number of benzene rings is 3. The molecular formula is C26H23N3O5. The lowest BCUT2D eigenvalue weighted by Crippen LogP contribution is -2.20. The summed E-state index contributed by atoms with van der Waals surface area (Å²) in [5, 5.41) is 23.2. The number of ether oxygens (including phenoxy) is 1. The molecule has 3 aromatic carbocycles. The number of hydrogen-bond donors (Lipinski definition) is 5. The molecule has 1 saturated carbocycles. The highest BCUT2D eigenvalue weighted by Crippen LogP contribution is 2.42. The normalized spacial score (nSPS) is 19.6. The molecule has 7 rings (SSSR count). The van der Waals surface area contributed by atoms with Crippen molar-refractivity contribution < 1.29 is 24.5 Å². The second-order valence-electron chi connectivity index (χ2n) is 8.81. The van der Waals surface area contributed by atoms with Crippen molar-refractivity contribution in [3.63, 3.8) is 0 Å². The second kappa shape index (κ2) is 7.58. The van der Waals surface area contributed by atoms with Gasteiger partial charge in [0, 0.05) is 32.6 Å². The molecule has 5 aromatic rings. The molecule has 2 atom stereocenters. The van der Waals surface area contributed by atoms with E-state index in [2.05, 4.69) is 15.3 Å². The number of fused-ring (bicyclic) bond motifs is 10. The minimum atomic E-state index is -0.431. The number of aliphatic hydroxyl groups excluding tert-OH is 2. The van der Waals surface area contributed by atoms with Crippen molar-refractivity contribution in [3.05, 3.63) is 53.6 Å². The van der Waals surface area contributed by atoms with Crippen LogP contribution in [0.1, 0.15) is 40.0 Å². The summed E-state index contributed by atoms with van der Waals surface area (Å²) in [4.78, 5) is 32.2. The number of rotatable bonds is 1. The summed E-state index contributed by atoms with van der Waals surface area (Å²) in [7, 11) is 1.60. The maximum absolute atomic E-state index is 12.7. The number of methoxy groups -OCH3 is 1. The van der Waals surface area contributed by atoms with E-state index in [1.807, 2.05) is 42.5 Å². The van der Waals surface area contributed by atoms with Crippen LogP contribution in [-0.4, -0.2) is 51.3 Å². The molecule has 0 spiro atoms. The van der Waals surface area contributed by atoms with Gasteiger partial charge in [0.1, 0.15) is 5.75 Å². The van der Waals surface area contributed by atoms with E-state index >= 15 is 0 Å². The molecule has 2 aromatic heterocycles. The third-order valence-electron chi connectivity index (χ3n) is 6.84. The van der Waals surface area contributed by atoms with E-state index in [0.717, 1.165) is 62.9 Å². The predicted molar refractivity (Wildman–Crippen MR) is 129 cm³/mol. The molecule has 2 unspecified atom stereocenters. The molecule has 0 bridgehead atoms. The number of carbonyl (C=O) groups is 2. The Balaban J connectivity index is 0.000000269. The fourth-order valence-corrected chi connectivity index (χ4v) is 5.19. The van der Waals surface area contributed by atoms with Crippen LogP contribution < -0.4 is 10.1 Å². The SMILES string of the molecule is COc1ccc2[nH]c3c4[nH]c5ccccc5c4c4c(c3c2c1)C(=O)NC4=O.OC1CCCC1O. The summed E-state index contributed by atoms with van der Waals surface area (Å²) in [5.74, 6) is -0.0292. The molecule has 8 nitrogen and oxygen atoms in total. The van der Waals surface area contributed by atoms with Crippen LogP contribution >= 0.6 is 0 Å². The van der Waals surface area contributed by atoms with Gasteiger partial charge in [0.15, 0.2) is 0 Å². The highest BCUT2D eigenvalue weighted by Gasteiger charge is 2.34. The maximum Gasteiger partial charge on any atom is 0.259 e. The Morgan fingerprint density at radius 1 is 0.824 bits per heavy atom. The van der Waals surface area contributed by atoms with Gasteiger partial charge >= 0.3 is 0 Å². The van der Waals surface area contributed by atoms with Gasteiger partial charge in [-0.2, -0.15) is 0 Å². The van der Waals surface area contributed by atoms with Gasteiger partial charge in [0.2, 0.25) is 0 Å². The highest BCUT2D eigenvalue weighted by molar-refractivity contribution is 6.39. The number of aliphatic hydroxyl groups is 2. The van der Waals surface area contributed by atoms with Gasteiger partial charge < -0.3 is 24.9 Å². The number of H-pyrrole nitrogens is 2. The molecule has 1 aliphatic carbocycles.